The summed E-state index contributed by atoms with van der Waals surface area (Å²) in [5.74, 6) is -0.277. The lowest BCUT2D eigenvalue weighted by Gasteiger charge is -2.14. The minimum atomic E-state index is -0.600. The van der Waals surface area contributed by atoms with Crippen molar-refractivity contribution in [3.8, 4) is 0 Å². The summed E-state index contributed by atoms with van der Waals surface area (Å²) in [5.41, 5.74) is 7.39. The molecule has 1 unspecified atom stereocenters. The molecule has 1 aromatic heterocycles. The summed E-state index contributed by atoms with van der Waals surface area (Å²) >= 11 is 0. The van der Waals surface area contributed by atoms with Gasteiger partial charge in [0.25, 0.3) is 0 Å². The molecule has 29 heavy (non-hydrogen) atoms. The second-order valence-corrected chi connectivity index (χ2v) is 7.25. The van der Waals surface area contributed by atoms with Crippen LogP contribution in [0.4, 0.5) is 26.1 Å². The second-order valence-electron chi connectivity index (χ2n) is 7.25. The predicted molar refractivity (Wildman–Crippen MR) is 107 cm³/mol. The Hall–Kier alpha value is -2.58. The van der Waals surface area contributed by atoms with Crippen molar-refractivity contribution in [1.82, 2.24) is 4.98 Å². The monoisotopic (exact) mass is 402 g/mol. The molecule has 2 aliphatic heterocycles. The predicted octanol–water partition coefficient (Wildman–Crippen LogP) is 3.62. The molecule has 154 valence electrons. The molecule has 3 atom stereocenters. The Bertz CT molecular complexity index is 902. The number of fused-ring (bicyclic) bond motifs is 1. The van der Waals surface area contributed by atoms with Crippen LogP contribution in [0.5, 0.6) is 0 Å². The standard InChI is InChI=1S/C21H24F2N4O2/c1-2-12-8-17(24)21(25-9-13-11-29-18-6-7-28-19(13)18)27-20(12)26-10-14-15(22)4-3-5-16(14)23/h3-5,8-9,13,18-19H,2,6-7,10-11,24H2,1H3,(H,26,27)/b25-9+/t13?,18-,19-/m1/s1. The van der Waals surface area contributed by atoms with Gasteiger partial charge in [-0.2, -0.15) is 0 Å². The molecular weight excluding hydrogens is 378 g/mol. The molecule has 0 radical (unpaired) electrons. The molecule has 2 fully saturated rings. The number of hydrogen-bond acceptors (Lipinski definition) is 6. The van der Waals surface area contributed by atoms with Gasteiger partial charge in [0, 0.05) is 30.8 Å². The molecule has 1 aromatic carbocycles. The molecule has 0 amide bonds. The van der Waals surface area contributed by atoms with Crippen molar-refractivity contribution in [2.24, 2.45) is 10.9 Å². The summed E-state index contributed by atoms with van der Waals surface area (Å²) in [4.78, 5) is 8.97. The van der Waals surface area contributed by atoms with Gasteiger partial charge in [0.1, 0.15) is 17.5 Å². The fourth-order valence-corrected chi connectivity index (χ4v) is 3.76. The molecule has 6 nitrogen and oxygen atoms in total. The van der Waals surface area contributed by atoms with Crippen molar-refractivity contribution in [3.63, 3.8) is 0 Å². The number of ether oxygens (including phenoxy) is 2. The third-order valence-corrected chi connectivity index (χ3v) is 5.38. The van der Waals surface area contributed by atoms with Gasteiger partial charge in [-0.25, -0.2) is 18.8 Å². The average molecular weight is 402 g/mol. The highest BCUT2D eigenvalue weighted by Gasteiger charge is 2.40. The van der Waals surface area contributed by atoms with Crippen LogP contribution in [0.25, 0.3) is 0 Å². The zero-order valence-electron chi connectivity index (χ0n) is 16.2. The van der Waals surface area contributed by atoms with Gasteiger partial charge in [-0.15, -0.1) is 0 Å². The van der Waals surface area contributed by atoms with E-state index >= 15 is 0 Å². The van der Waals surface area contributed by atoms with Crippen LogP contribution in [-0.4, -0.2) is 36.6 Å². The smallest absolute Gasteiger partial charge is 0.177 e. The Labute approximate surface area is 168 Å². The van der Waals surface area contributed by atoms with E-state index < -0.39 is 11.6 Å². The Morgan fingerprint density at radius 2 is 2.10 bits per heavy atom. The first-order valence-corrected chi connectivity index (χ1v) is 9.80. The van der Waals surface area contributed by atoms with Gasteiger partial charge in [0.15, 0.2) is 5.82 Å². The fraction of sp³-hybridized carbons (Fsp3) is 0.429. The van der Waals surface area contributed by atoms with Crippen LogP contribution in [-0.2, 0) is 22.4 Å². The van der Waals surface area contributed by atoms with E-state index in [0.29, 0.717) is 37.0 Å². The van der Waals surface area contributed by atoms with Crippen LogP contribution in [0, 0.1) is 17.6 Å². The Kier molecular flexibility index (Phi) is 5.73. The van der Waals surface area contributed by atoms with Crippen LogP contribution in [0.15, 0.2) is 29.3 Å². The molecule has 0 saturated carbocycles. The van der Waals surface area contributed by atoms with Gasteiger partial charge in [-0.3, -0.25) is 0 Å². The number of nitrogens with zero attached hydrogens (tertiary/aromatic N) is 2. The van der Waals surface area contributed by atoms with Gasteiger partial charge in [0.05, 0.1) is 24.5 Å². The highest BCUT2D eigenvalue weighted by Crippen LogP contribution is 2.31. The number of aliphatic imine (C=N–C) groups is 1. The van der Waals surface area contributed by atoms with Crippen molar-refractivity contribution in [1.29, 1.82) is 0 Å². The number of nitrogen functional groups attached to an aromatic ring is 1. The third kappa shape index (κ3) is 4.09. The molecule has 3 N–H and O–H groups in total. The van der Waals surface area contributed by atoms with E-state index in [2.05, 4.69) is 15.3 Å². The Morgan fingerprint density at radius 3 is 2.86 bits per heavy atom. The first-order valence-electron chi connectivity index (χ1n) is 9.80. The lowest BCUT2D eigenvalue weighted by molar-refractivity contribution is 0.0701. The van der Waals surface area contributed by atoms with Crippen molar-refractivity contribution < 1.29 is 18.3 Å². The fourth-order valence-electron chi connectivity index (χ4n) is 3.76. The van der Waals surface area contributed by atoms with Crippen molar-refractivity contribution >= 4 is 23.5 Å². The topological polar surface area (TPSA) is 81.8 Å². The summed E-state index contributed by atoms with van der Waals surface area (Å²) in [5, 5.41) is 3.02. The summed E-state index contributed by atoms with van der Waals surface area (Å²) in [6.45, 7) is 3.19. The van der Waals surface area contributed by atoms with Crippen LogP contribution < -0.4 is 11.1 Å². The average Bonchev–Trinajstić information content (AvgIpc) is 3.31. The molecule has 8 heteroatoms. The number of aryl methyl sites for hydroxylation is 1. The molecule has 0 aliphatic carbocycles. The maximum atomic E-state index is 13.9. The number of halogens is 2. The Morgan fingerprint density at radius 1 is 1.31 bits per heavy atom. The zero-order chi connectivity index (χ0) is 20.4. The Balaban J connectivity index is 1.54. The molecule has 2 aromatic rings. The molecule has 0 spiro atoms. The zero-order valence-corrected chi connectivity index (χ0v) is 16.2. The molecular formula is C21H24F2N4O2. The summed E-state index contributed by atoms with van der Waals surface area (Å²) < 4.78 is 39.3. The lowest BCUT2D eigenvalue weighted by Crippen LogP contribution is -2.23. The largest absolute Gasteiger partial charge is 0.396 e. The summed E-state index contributed by atoms with van der Waals surface area (Å²) in [6.07, 6.45) is 3.50. The van der Waals surface area contributed by atoms with E-state index in [1.165, 1.54) is 18.2 Å². The maximum absolute atomic E-state index is 13.9. The van der Waals surface area contributed by atoms with E-state index in [-0.39, 0.29) is 30.2 Å². The van der Waals surface area contributed by atoms with Crippen LogP contribution in [0.2, 0.25) is 0 Å². The normalized spacial score (nSPS) is 23.6. The van der Waals surface area contributed by atoms with Crippen molar-refractivity contribution in [3.05, 3.63) is 47.0 Å². The van der Waals surface area contributed by atoms with Crippen LogP contribution in [0.3, 0.4) is 0 Å². The first-order chi connectivity index (χ1) is 14.1. The van der Waals surface area contributed by atoms with E-state index in [9.17, 15) is 8.78 Å². The number of anilines is 2. The van der Waals surface area contributed by atoms with E-state index in [4.69, 9.17) is 15.2 Å². The number of nitrogens with two attached hydrogens (primary N) is 1. The minimum Gasteiger partial charge on any atom is -0.396 e. The number of pyridine rings is 1. The van der Waals surface area contributed by atoms with Gasteiger partial charge in [-0.05, 0) is 36.6 Å². The molecule has 4 rings (SSSR count). The van der Waals surface area contributed by atoms with Gasteiger partial charge >= 0.3 is 0 Å². The van der Waals surface area contributed by atoms with Crippen LogP contribution in [0.1, 0.15) is 24.5 Å². The number of hydrogen-bond donors (Lipinski definition) is 2. The van der Waals surface area contributed by atoms with Crippen LogP contribution >= 0.6 is 0 Å². The second kappa shape index (κ2) is 8.42. The van der Waals surface area contributed by atoms with E-state index in [0.717, 1.165) is 12.0 Å². The summed E-state index contributed by atoms with van der Waals surface area (Å²) in [6, 6.07) is 5.59. The number of benzene rings is 1. The lowest BCUT2D eigenvalue weighted by atomic mass is 10.0. The highest BCUT2D eigenvalue weighted by molar-refractivity contribution is 5.73. The number of aromatic nitrogens is 1. The summed E-state index contributed by atoms with van der Waals surface area (Å²) in [7, 11) is 0. The molecule has 2 saturated heterocycles. The van der Waals surface area contributed by atoms with Crippen molar-refractivity contribution in [2.45, 2.75) is 38.5 Å². The van der Waals surface area contributed by atoms with Gasteiger partial charge in [0.2, 0.25) is 0 Å². The quantitative estimate of drug-likeness (QED) is 0.722. The van der Waals surface area contributed by atoms with E-state index in [1.54, 1.807) is 12.3 Å². The number of rotatable bonds is 6. The van der Waals surface area contributed by atoms with Crippen molar-refractivity contribution in [2.75, 3.05) is 24.3 Å². The van der Waals surface area contributed by atoms with Gasteiger partial charge in [-0.1, -0.05) is 13.0 Å². The van der Waals surface area contributed by atoms with Gasteiger partial charge < -0.3 is 20.5 Å². The number of nitrogens with one attached hydrogen (secondary N) is 1. The molecule has 3 heterocycles. The third-order valence-electron chi connectivity index (χ3n) is 5.38. The maximum Gasteiger partial charge on any atom is 0.177 e. The highest BCUT2D eigenvalue weighted by atomic mass is 19.1. The minimum absolute atomic E-state index is 0.0246. The SMILES string of the molecule is CCc1cc(N)c(/N=C/C2CO[C@@H]3CCO[C@H]23)nc1NCc1c(F)cccc1F. The first kappa shape index (κ1) is 19.7. The molecule has 2 aliphatic rings. The van der Waals surface area contributed by atoms with E-state index in [1.807, 2.05) is 6.92 Å². The molecule has 0 bridgehead atoms.